The molecule has 5 N–H and O–H groups in total. The average Bonchev–Trinajstić information content (AvgIpc) is 4.30. The summed E-state index contributed by atoms with van der Waals surface area (Å²) in [6.07, 6.45) is 12.5. The summed E-state index contributed by atoms with van der Waals surface area (Å²) >= 11 is 17.7. The zero-order chi connectivity index (χ0) is 54.0. The molecule has 6 aromatic heterocycles. The van der Waals surface area contributed by atoms with E-state index in [1.807, 2.05) is 12.1 Å². The number of ether oxygens (including phenoxy) is 1. The summed E-state index contributed by atoms with van der Waals surface area (Å²) < 4.78 is 24.5. The number of aromatic nitrogens is 6. The van der Waals surface area contributed by atoms with Crippen molar-refractivity contribution in [3.05, 3.63) is 157 Å². The van der Waals surface area contributed by atoms with Gasteiger partial charge in [-0.25, -0.2) is 15.0 Å². The second kappa shape index (κ2) is 28.7. The standard InChI is InChI=1S/C20H19ClN2O3.C16H13ClN2O4.C14H9ClN2O4.C5H11N.Li.2H2O/c1-12-2-3-14(8-12)17(24)9-23-11-22-19-18(20(23)25)16(10-26-19)13-4-6-15(21)7-5-13;1-2-22-13(20)7-19-9-18-15-14(16(19)21)12(8-23-15)10-3-5-11(17)6-4-10;15-9-3-1-8(2-4-9)10-6-21-13-12(10)14(20)17(7-16-13)5-11(18)19;1-5-2-3-6-4-5;;;/h4-7,10-12,14H,2-3,8-9H2,1H3;3-6,8-9H,2,7H2,1H3;1-4,6-7H,5H2,(H,18,19);5-6H,2-4H2,1H3;;2*1H2/q;;;;+1;;/p-1. The molecule has 0 bridgehead atoms. The number of nitrogens with zero attached hydrogens (tertiary/aromatic N) is 6. The molecule has 1 saturated carbocycles. The van der Waals surface area contributed by atoms with Gasteiger partial charge in [-0.3, -0.25) is 42.5 Å². The van der Waals surface area contributed by atoms with Crippen LogP contribution in [-0.2, 0) is 38.8 Å². The number of carboxylic acids is 1. The molecule has 2 fully saturated rings. The number of furan rings is 3. The molecule has 1 aliphatic heterocycles. The molecule has 2 aliphatic rings. The molecule has 9 aromatic rings. The van der Waals surface area contributed by atoms with E-state index in [1.165, 1.54) is 60.1 Å². The van der Waals surface area contributed by atoms with E-state index in [1.54, 1.807) is 67.6 Å². The number of halogens is 3. The van der Waals surface area contributed by atoms with Gasteiger partial charge in [-0.05, 0) is 111 Å². The smallest absolute Gasteiger partial charge is 0.870 e. The number of hydrogen-bond donors (Lipinski definition) is 2. The van der Waals surface area contributed by atoms with Gasteiger partial charge < -0.3 is 39.4 Å². The second-order valence-corrected chi connectivity index (χ2v) is 19.7. The molecule has 1 aliphatic carbocycles. The number of Topliss-reactive ketones (excluding diaryl/α,β-unsaturated/α-hetero) is 1. The third kappa shape index (κ3) is 15.4. The van der Waals surface area contributed by atoms with Crippen LogP contribution in [0.5, 0.6) is 0 Å². The van der Waals surface area contributed by atoms with E-state index in [9.17, 15) is 28.8 Å². The first-order valence-corrected chi connectivity index (χ1v) is 25.5. The van der Waals surface area contributed by atoms with Gasteiger partial charge in [-0.1, -0.05) is 85.0 Å². The Kier molecular flexibility index (Phi) is 22.8. The van der Waals surface area contributed by atoms with Crippen LogP contribution in [0.2, 0.25) is 15.1 Å². The van der Waals surface area contributed by atoms with Crippen LogP contribution in [0.1, 0.15) is 46.5 Å². The Morgan fingerprint density at radius 2 is 1.01 bits per heavy atom. The topological polar surface area (TPSA) is 298 Å². The van der Waals surface area contributed by atoms with Crippen LogP contribution >= 0.6 is 34.8 Å². The SMILES string of the molecule is CC1CCC(C(=O)Cn2cnc3occ(-c4ccc(Cl)cc4)c3c2=O)C1.CC1CCNC1.CCOC(=O)Cn1cnc2occ(-c3ccc(Cl)cc3)c2c1=O.O.O=C(O)Cn1cnc2occ(-c3ccc(Cl)cc3)c2c1=O.[Li+].[OH-]. The van der Waals surface area contributed by atoms with E-state index in [4.69, 9.17) is 57.9 Å². The van der Waals surface area contributed by atoms with Crippen molar-refractivity contribution in [3.63, 3.8) is 0 Å². The third-order valence-corrected chi connectivity index (χ3v) is 13.6. The summed E-state index contributed by atoms with van der Waals surface area (Å²) in [5.41, 5.74) is 3.75. The monoisotopic (exact) mass is 1130 g/mol. The number of nitrogens with one attached hydrogen (secondary N) is 1. The molecule has 3 aromatic carbocycles. The summed E-state index contributed by atoms with van der Waals surface area (Å²) in [5.74, 6) is 0.0561. The number of fused-ring (bicyclic) bond motifs is 3. The van der Waals surface area contributed by atoms with Gasteiger partial charge in [0, 0.05) is 37.7 Å². The minimum Gasteiger partial charge on any atom is -0.870 e. The normalized spacial score (nSPS) is 15.2. The van der Waals surface area contributed by atoms with E-state index < -0.39 is 24.0 Å². The van der Waals surface area contributed by atoms with Gasteiger partial charge >= 0.3 is 30.8 Å². The van der Waals surface area contributed by atoms with E-state index in [0.717, 1.165) is 52.8 Å². The molecule has 0 amide bonds. The Balaban J connectivity index is 0.000000204. The number of carboxylic acid groups (broad SMARTS) is 1. The van der Waals surface area contributed by atoms with Gasteiger partial charge in [0.05, 0.1) is 13.2 Å². The van der Waals surface area contributed by atoms with Crippen LogP contribution < -0.4 is 40.9 Å². The van der Waals surface area contributed by atoms with Crippen LogP contribution in [-0.4, -0.2) is 82.1 Å². The fourth-order valence-electron chi connectivity index (χ4n) is 8.85. The van der Waals surface area contributed by atoms with Gasteiger partial charge in [0.1, 0.15) is 67.0 Å². The van der Waals surface area contributed by atoms with Crippen molar-refractivity contribution in [3.8, 4) is 33.4 Å². The quantitative estimate of drug-likeness (QED) is 0.108. The van der Waals surface area contributed by atoms with Crippen molar-refractivity contribution in [2.75, 3.05) is 19.7 Å². The number of carbonyl (C=O) groups is 3. The second-order valence-electron chi connectivity index (χ2n) is 18.4. The summed E-state index contributed by atoms with van der Waals surface area (Å²) in [4.78, 5) is 85.1. The number of aliphatic carboxylic acids is 1. The fourth-order valence-corrected chi connectivity index (χ4v) is 9.23. The molecule has 3 unspecified atom stereocenters. The van der Waals surface area contributed by atoms with E-state index in [-0.39, 0.29) is 94.9 Å². The summed E-state index contributed by atoms with van der Waals surface area (Å²) in [7, 11) is 0. The Hall–Kier alpha value is -7.12. The van der Waals surface area contributed by atoms with Gasteiger partial charge in [0.15, 0.2) is 5.78 Å². The van der Waals surface area contributed by atoms with Crippen molar-refractivity contribution in [1.82, 2.24) is 34.0 Å². The number of hydrogen-bond acceptors (Lipinski definition) is 15. The van der Waals surface area contributed by atoms with Gasteiger partial charge in [0.25, 0.3) is 16.7 Å². The number of rotatable bonds is 11. The van der Waals surface area contributed by atoms with Crippen LogP contribution in [0.4, 0.5) is 0 Å². The number of ketones is 1. The predicted molar refractivity (Wildman–Crippen MR) is 294 cm³/mol. The van der Waals surface area contributed by atoms with Crippen molar-refractivity contribution in [2.45, 2.75) is 66.1 Å². The zero-order valence-electron chi connectivity index (χ0n) is 43.5. The minimum atomic E-state index is -1.12. The van der Waals surface area contributed by atoms with Crippen molar-refractivity contribution in [2.24, 2.45) is 17.8 Å². The third-order valence-electron chi connectivity index (χ3n) is 12.8. The molecule has 0 radical (unpaired) electrons. The summed E-state index contributed by atoms with van der Waals surface area (Å²) in [5, 5.41) is 14.8. The zero-order valence-corrected chi connectivity index (χ0v) is 45.8. The van der Waals surface area contributed by atoms with Crippen LogP contribution in [0.15, 0.2) is 138 Å². The number of esters is 1. The van der Waals surface area contributed by atoms with Gasteiger partial charge in [0.2, 0.25) is 17.1 Å². The van der Waals surface area contributed by atoms with E-state index >= 15 is 0 Å². The minimum absolute atomic E-state index is 0. The number of benzene rings is 3. The summed E-state index contributed by atoms with van der Waals surface area (Å²) in [6, 6.07) is 21.1. The molecule has 410 valence electrons. The van der Waals surface area contributed by atoms with Crippen molar-refractivity contribution < 1.29 is 67.3 Å². The first-order chi connectivity index (χ1) is 36.6. The predicted octanol–water partition coefficient (Wildman–Crippen LogP) is 6.20. The van der Waals surface area contributed by atoms with Crippen molar-refractivity contribution in [1.29, 1.82) is 0 Å². The largest absolute Gasteiger partial charge is 1.00 e. The van der Waals surface area contributed by atoms with Crippen molar-refractivity contribution >= 4 is 85.8 Å². The molecule has 24 heteroatoms. The molecule has 1 saturated heterocycles. The molecule has 0 spiro atoms. The molecule has 3 atom stereocenters. The number of carbonyl (C=O) groups excluding carboxylic acids is 2. The maximum atomic E-state index is 13.0. The molecular weight excluding hydrogens is 1080 g/mol. The fraction of sp³-hybridized carbons (Fsp3) is 0.291. The van der Waals surface area contributed by atoms with Crippen LogP contribution in [0, 0.1) is 17.8 Å². The Morgan fingerprint density at radius 3 is 1.33 bits per heavy atom. The molecule has 11 rings (SSSR count). The molecular formula is C55H55Cl3LiN7O13. The van der Waals surface area contributed by atoms with E-state index in [2.05, 4.69) is 34.1 Å². The first-order valence-electron chi connectivity index (χ1n) is 24.4. The Morgan fingerprint density at radius 1 is 0.620 bits per heavy atom. The van der Waals surface area contributed by atoms with Gasteiger partial charge in [-0.2, -0.15) is 0 Å². The van der Waals surface area contributed by atoms with Gasteiger partial charge in [-0.15, -0.1) is 0 Å². The van der Waals surface area contributed by atoms with E-state index in [0.29, 0.717) is 48.4 Å². The summed E-state index contributed by atoms with van der Waals surface area (Å²) in [6.45, 7) is 8.29. The maximum absolute atomic E-state index is 13.0. The first kappa shape index (κ1) is 62.7. The molecule has 20 nitrogen and oxygen atoms in total. The average molecular weight is 1140 g/mol. The van der Waals surface area contributed by atoms with Crippen LogP contribution in [0.3, 0.4) is 0 Å². The maximum Gasteiger partial charge on any atom is 1.00 e. The Bertz CT molecular complexity index is 3700. The van der Waals surface area contributed by atoms with Crippen LogP contribution in [0.25, 0.3) is 66.7 Å². The molecule has 79 heavy (non-hydrogen) atoms. The Labute approximate surface area is 478 Å². The molecule has 7 heterocycles.